The molecule has 0 N–H and O–H groups in total. The number of rotatable bonds is 8. The third-order valence-electron chi connectivity index (χ3n) is 4.86. The fourth-order valence-corrected chi connectivity index (χ4v) is 3.28. The predicted octanol–water partition coefficient (Wildman–Crippen LogP) is 6.34. The molecule has 33 heavy (non-hydrogen) atoms. The van der Waals surface area contributed by atoms with E-state index in [2.05, 4.69) is 31.9 Å². The second kappa shape index (κ2) is 11.2. The lowest BCUT2D eigenvalue weighted by Crippen LogP contribution is -2.14. The maximum absolute atomic E-state index is 11.9. The summed E-state index contributed by atoms with van der Waals surface area (Å²) >= 11 is 6.55. The lowest BCUT2D eigenvalue weighted by Gasteiger charge is -2.19. The highest BCUT2D eigenvalue weighted by molar-refractivity contribution is 6.33. The zero-order chi connectivity index (χ0) is 24.8. The Balaban J connectivity index is 2.48. The highest BCUT2D eigenvalue weighted by Gasteiger charge is 2.24. The number of carbonyl (C=O) groups excluding carboxylic acids is 1. The molecule has 7 nitrogen and oxygen atoms in total. The van der Waals surface area contributed by atoms with Crippen LogP contribution in [0.2, 0.25) is 5.02 Å². The van der Waals surface area contributed by atoms with Gasteiger partial charge in [-0.05, 0) is 36.3 Å². The number of carbonyl (C=O) groups is 1. The van der Waals surface area contributed by atoms with Crippen LogP contribution in [0.5, 0.6) is 0 Å². The van der Waals surface area contributed by atoms with E-state index in [1.165, 1.54) is 0 Å². The molecule has 1 aromatic heterocycles. The van der Waals surface area contributed by atoms with E-state index >= 15 is 0 Å². The maximum Gasteiger partial charge on any atom is 0.511 e. The molecule has 0 radical (unpaired) electrons. The molecule has 0 saturated heterocycles. The van der Waals surface area contributed by atoms with Crippen molar-refractivity contribution in [2.75, 3.05) is 13.4 Å². The molecule has 0 saturated carbocycles. The van der Waals surface area contributed by atoms with Gasteiger partial charge in [-0.2, -0.15) is 10.4 Å². The van der Waals surface area contributed by atoms with Crippen LogP contribution in [0.1, 0.15) is 64.1 Å². The quantitative estimate of drug-likeness (QED) is 0.192. The van der Waals surface area contributed by atoms with Crippen molar-refractivity contribution in [2.24, 2.45) is 5.92 Å². The molecule has 2 rings (SSSR count). The van der Waals surface area contributed by atoms with Gasteiger partial charge in [-0.3, -0.25) is 4.68 Å². The van der Waals surface area contributed by atoms with E-state index < -0.39 is 12.9 Å². The van der Waals surface area contributed by atoms with Crippen molar-refractivity contribution in [1.82, 2.24) is 9.78 Å². The minimum absolute atomic E-state index is 0.0280. The van der Waals surface area contributed by atoms with Crippen molar-refractivity contribution < 1.29 is 19.0 Å². The number of nitrogens with zero attached hydrogens (tertiary/aromatic N) is 3. The molecule has 1 heterocycles. The Morgan fingerprint density at radius 1 is 1.18 bits per heavy atom. The Kier molecular flexibility index (Phi) is 8.95. The van der Waals surface area contributed by atoms with Crippen molar-refractivity contribution in [3.8, 4) is 6.07 Å². The normalized spacial score (nSPS) is 12.2. The van der Waals surface area contributed by atoms with E-state index in [1.54, 1.807) is 11.6 Å². The van der Waals surface area contributed by atoms with Crippen LogP contribution in [0.3, 0.4) is 0 Å². The van der Waals surface area contributed by atoms with Crippen LogP contribution in [0.4, 0.5) is 4.79 Å². The predicted molar refractivity (Wildman–Crippen MR) is 128 cm³/mol. The number of aryl methyl sites for hydroxylation is 2. The fraction of sp³-hybridized carbons (Fsp3) is 0.480. The Morgan fingerprint density at radius 3 is 2.33 bits per heavy atom. The van der Waals surface area contributed by atoms with Gasteiger partial charge >= 0.3 is 6.16 Å². The summed E-state index contributed by atoms with van der Waals surface area (Å²) in [7, 11) is 0. The van der Waals surface area contributed by atoms with Gasteiger partial charge < -0.3 is 14.2 Å². The topological polar surface area (TPSA) is 86.4 Å². The highest BCUT2D eigenvalue weighted by Crippen LogP contribution is 2.34. The Morgan fingerprint density at radius 2 is 1.82 bits per heavy atom. The van der Waals surface area contributed by atoms with Gasteiger partial charge in [-0.25, -0.2) is 4.79 Å². The summed E-state index contributed by atoms with van der Waals surface area (Å²) in [5.74, 6) is 0.362. The standard InChI is InChI=1S/C25H32ClN3O4/c1-8-29-22(21(26)17(4)28-29)23(32-15-33-24(30)31-14-16(2)3)20(13-27)18-9-11-19(12-10-18)25(5,6)7/h9-12,16H,8,14-15H2,1-7H3/b23-20-. The lowest BCUT2D eigenvalue weighted by atomic mass is 9.86. The van der Waals surface area contributed by atoms with Crippen molar-refractivity contribution in [3.05, 3.63) is 51.8 Å². The van der Waals surface area contributed by atoms with E-state index in [9.17, 15) is 10.1 Å². The Hall–Kier alpha value is -2.98. The summed E-state index contributed by atoms with van der Waals surface area (Å²) in [6, 6.07) is 9.92. The van der Waals surface area contributed by atoms with Crippen LogP contribution in [0.15, 0.2) is 24.3 Å². The van der Waals surface area contributed by atoms with Gasteiger partial charge in [-0.15, -0.1) is 0 Å². The van der Waals surface area contributed by atoms with Gasteiger partial charge in [0.05, 0.1) is 17.3 Å². The lowest BCUT2D eigenvalue weighted by molar-refractivity contribution is -0.00947. The first kappa shape index (κ1) is 26.3. The second-order valence-corrected chi connectivity index (χ2v) is 9.45. The summed E-state index contributed by atoms with van der Waals surface area (Å²) in [5, 5.41) is 14.9. The number of benzene rings is 1. The van der Waals surface area contributed by atoms with Crippen molar-refractivity contribution >= 4 is 29.1 Å². The smallest absolute Gasteiger partial charge is 0.453 e. The average molecular weight is 474 g/mol. The molecule has 2 aromatic rings. The molecule has 0 amide bonds. The number of nitriles is 1. The van der Waals surface area contributed by atoms with E-state index in [4.69, 9.17) is 25.8 Å². The molecule has 0 fully saturated rings. The molecule has 0 unspecified atom stereocenters. The van der Waals surface area contributed by atoms with Gasteiger partial charge in [-0.1, -0.05) is 70.5 Å². The Labute approximate surface area is 200 Å². The first-order chi connectivity index (χ1) is 15.5. The fourth-order valence-electron chi connectivity index (χ4n) is 3.06. The van der Waals surface area contributed by atoms with E-state index in [0.29, 0.717) is 28.5 Å². The number of aromatic nitrogens is 2. The van der Waals surface area contributed by atoms with Crippen molar-refractivity contribution in [1.29, 1.82) is 5.26 Å². The Bertz CT molecular complexity index is 1040. The van der Waals surface area contributed by atoms with E-state index in [1.807, 2.05) is 45.0 Å². The third kappa shape index (κ3) is 6.75. The molecular weight excluding hydrogens is 442 g/mol. The number of hydrogen-bond acceptors (Lipinski definition) is 6. The summed E-state index contributed by atoms with van der Waals surface area (Å²) < 4.78 is 17.6. The molecule has 0 bridgehead atoms. The van der Waals surface area contributed by atoms with Gasteiger partial charge in [0.2, 0.25) is 6.79 Å². The summed E-state index contributed by atoms with van der Waals surface area (Å²) in [4.78, 5) is 11.9. The summed E-state index contributed by atoms with van der Waals surface area (Å²) in [6.07, 6.45) is -0.845. The van der Waals surface area contributed by atoms with E-state index in [0.717, 1.165) is 5.56 Å². The number of ether oxygens (including phenoxy) is 3. The van der Waals surface area contributed by atoms with Gasteiger partial charge in [0.15, 0.2) is 5.76 Å². The first-order valence-electron chi connectivity index (χ1n) is 10.9. The summed E-state index contributed by atoms with van der Waals surface area (Å²) in [6.45, 7) is 14.2. The minimum Gasteiger partial charge on any atom is -0.453 e. The van der Waals surface area contributed by atoms with Crippen LogP contribution in [0, 0.1) is 24.2 Å². The van der Waals surface area contributed by atoms with Gasteiger partial charge in [0.1, 0.15) is 17.3 Å². The molecular formula is C25H32ClN3O4. The molecule has 1 aromatic carbocycles. The van der Waals surface area contributed by atoms with Crippen LogP contribution < -0.4 is 0 Å². The van der Waals surface area contributed by atoms with Crippen LogP contribution in [0.25, 0.3) is 11.3 Å². The molecule has 8 heteroatoms. The third-order valence-corrected chi connectivity index (χ3v) is 5.31. The monoisotopic (exact) mass is 473 g/mol. The largest absolute Gasteiger partial charge is 0.511 e. The maximum atomic E-state index is 11.9. The molecule has 0 spiro atoms. The SMILES string of the molecule is CCn1nc(C)c(Cl)c1/C(OCOC(=O)OCC(C)C)=C(\C#N)c1ccc(C(C)(C)C)cc1. The summed E-state index contributed by atoms with van der Waals surface area (Å²) in [5.41, 5.74) is 3.07. The van der Waals surface area contributed by atoms with Crippen LogP contribution >= 0.6 is 11.6 Å². The molecule has 0 aliphatic heterocycles. The van der Waals surface area contributed by atoms with Crippen LogP contribution in [-0.2, 0) is 26.2 Å². The number of hydrogen-bond donors (Lipinski definition) is 0. The van der Waals surface area contributed by atoms with E-state index in [-0.39, 0.29) is 29.3 Å². The molecule has 0 aliphatic rings. The first-order valence-corrected chi connectivity index (χ1v) is 11.3. The molecule has 0 aliphatic carbocycles. The highest BCUT2D eigenvalue weighted by atomic mass is 35.5. The van der Waals surface area contributed by atoms with Crippen molar-refractivity contribution in [2.45, 2.75) is 60.4 Å². The number of allylic oxidation sites excluding steroid dienone is 1. The van der Waals surface area contributed by atoms with Gasteiger partial charge in [0.25, 0.3) is 0 Å². The second-order valence-electron chi connectivity index (χ2n) is 9.07. The van der Waals surface area contributed by atoms with Crippen LogP contribution in [-0.4, -0.2) is 29.3 Å². The minimum atomic E-state index is -0.845. The number of halogens is 1. The van der Waals surface area contributed by atoms with Crippen molar-refractivity contribution in [3.63, 3.8) is 0 Å². The zero-order valence-electron chi connectivity index (χ0n) is 20.4. The average Bonchev–Trinajstić information content (AvgIpc) is 3.05. The molecule has 178 valence electrons. The zero-order valence-corrected chi connectivity index (χ0v) is 21.1. The van der Waals surface area contributed by atoms with Gasteiger partial charge in [0, 0.05) is 6.54 Å². The molecule has 0 atom stereocenters.